The van der Waals surface area contributed by atoms with Crippen LogP contribution in [-0.4, -0.2) is 30.1 Å². The van der Waals surface area contributed by atoms with E-state index in [2.05, 4.69) is 32.6 Å². The van der Waals surface area contributed by atoms with Crippen LogP contribution in [0.15, 0.2) is 12.1 Å². The summed E-state index contributed by atoms with van der Waals surface area (Å²) in [6.45, 7) is 9.28. The molecular formula is C15H24F2N2O. The number of hydrogen-bond donors (Lipinski definition) is 1. The number of halogens is 2. The van der Waals surface area contributed by atoms with Crippen molar-refractivity contribution in [2.45, 2.75) is 46.3 Å². The number of hydrogen-bond acceptors (Lipinski definition) is 3. The highest BCUT2D eigenvalue weighted by atomic mass is 19.1. The topological polar surface area (TPSA) is 38.5 Å². The van der Waals surface area contributed by atoms with Crippen LogP contribution in [0.25, 0.3) is 0 Å². The van der Waals surface area contributed by atoms with Gasteiger partial charge >= 0.3 is 0 Å². The molecule has 0 saturated heterocycles. The zero-order valence-electron chi connectivity index (χ0n) is 12.6. The molecule has 0 saturated carbocycles. The smallest absolute Gasteiger partial charge is 0.190 e. The van der Waals surface area contributed by atoms with E-state index >= 15 is 0 Å². The molecule has 20 heavy (non-hydrogen) atoms. The van der Waals surface area contributed by atoms with Crippen molar-refractivity contribution in [3.05, 3.63) is 29.3 Å². The fourth-order valence-corrected chi connectivity index (χ4v) is 2.23. The highest BCUT2D eigenvalue weighted by molar-refractivity contribution is 5.31. The summed E-state index contributed by atoms with van der Waals surface area (Å²) in [7, 11) is 0. The molecule has 0 spiro atoms. The van der Waals surface area contributed by atoms with Gasteiger partial charge in [0, 0.05) is 25.2 Å². The van der Waals surface area contributed by atoms with Crippen LogP contribution in [0.4, 0.5) is 8.78 Å². The van der Waals surface area contributed by atoms with Crippen molar-refractivity contribution < 1.29 is 13.5 Å². The monoisotopic (exact) mass is 286 g/mol. The molecule has 2 N–H and O–H groups in total. The zero-order valence-corrected chi connectivity index (χ0v) is 12.6. The van der Waals surface area contributed by atoms with E-state index in [0.717, 1.165) is 0 Å². The van der Waals surface area contributed by atoms with E-state index in [-0.39, 0.29) is 18.9 Å². The highest BCUT2D eigenvalue weighted by Gasteiger charge is 2.15. The summed E-state index contributed by atoms with van der Waals surface area (Å²) in [5.74, 6) is -1.73. The van der Waals surface area contributed by atoms with Crippen molar-refractivity contribution in [3.63, 3.8) is 0 Å². The number of ether oxygens (including phenoxy) is 1. The Bertz CT molecular complexity index is 405. The van der Waals surface area contributed by atoms with Crippen molar-refractivity contribution in [3.8, 4) is 5.75 Å². The molecule has 0 aliphatic carbocycles. The molecular weight excluding hydrogens is 262 g/mol. The second kappa shape index (κ2) is 7.55. The van der Waals surface area contributed by atoms with E-state index in [9.17, 15) is 8.78 Å². The molecule has 0 radical (unpaired) electrons. The fraction of sp³-hybridized carbons (Fsp3) is 0.600. The number of rotatable bonds is 7. The van der Waals surface area contributed by atoms with Crippen LogP contribution >= 0.6 is 0 Å². The molecule has 3 nitrogen and oxygen atoms in total. The van der Waals surface area contributed by atoms with Gasteiger partial charge in [-0.25, -0.2) is 8.78 Å². The van der Waals surface area contributed by atoms with Gasteiger partial charge in [-0.05, 0) is 45.4 Å². The van der Waals surface area contributed by atoms with Gasteiger partial charge in [0.1, 0.15) is 6.61 Å². The average molecular weight is 286 g/mol. The lowest BCUT2D eigenvalue weighted by atomic mass is 10.2. The molecule has 0 aliphatic heterocycles. The Balaban J connectivity index is 2.66. The molecule has 0 heterocycles. The van der Waals surface area contributed by atoms with Crippen LogP contribution in [0.5, 0.6) is 5.75 Å². The zero-order chi connectivity index (χ0) is 15.3. The van der Waals surface area contributed by atoms with Crippen molar-refractivity contribution in [2.24, 2.45) is 5.73 Å². The first kappa shape index (κ1) is 16.9. The van der Waals surface area contributed by atoms with E-state index in [4.69, 9.17) is 10.5 Å². The van der Waals surface area contributed by atoms with Crippen molar-refractivity contribution in [1.29, 1.82) is 0 Å². The second-order valence-corrected chi connectivity index (χ2v) is 5.37. The largest absolute Gasteiger partial charge is 0.486 e. The predicted molar refractivity (Wildman–Crippen MR) is 76.7 cm³/mol. The average Bonchev–Trinajstić information content (AvgIpc) is 2.35. The molecule has 0 unspecified atom stereocenters. The summed E-state index contributed by atoms with van der Waals surface area (Å²) in [5.41, 5.74) is 5.78. The number of nitrogens with zero attached hydrogens (tertiary/aromatic N) is 1. The first-order chi connectivity index (χ1) is 9.36. The van der Waals surface area contributed by atoms with Crippen molar-refractivity contribution in [2.75, 3.05) is 13.2 Å². The Morgan fingerprint density at radius 1 is 1.10 bits per heavy atom. The van der Waals surface area contributed by atoms with Gasteiger partial charge in [0.2, 0.25) is 0 Å². The van der Waals surface area contributed by atoms with Gasteiger partial charge < -0.3 is 10.5 Å². The highest BCUT2D eigenvalue weighted by Crippen LogP contribution is 2.23. The minimum Gasteiger partial charge on any atom is -0.486 e. The van der Waals surface area contributed by atoms with E-state index in [0.29, 0.717) is 24.2 Å². The normalized spacial score (nSPS) is 11.7. The van der Waals surface area contributed by atoms with Crippen LogP contribution in [0.3, 0.4) is 0 Å². The van der Waals surface area contributed by atoms with Crippen LogP contribution in [-0.2, 0) is 6.54 Å². The lowest BCUT2D eigenvalue weighted by Crippen LogP contribution is -2.39. The van der Waals surface area contributed by atoms with Gasteiger partial charge in [0.15, 0.2) is 17.4 Å². The van der Waals surface area contributed by atoms with Gasteiger partial charge in [0.25, 0.3) is 0 Å². The molecule has 5 heteroatoms. The number of benzene rings is 1. The van der Waals surface area contributed by atoms with Gasteiger partial charge in [0.05, 0.1) is 0 Å². The Hall–Kier alpha value is -1.20. The minimum absolute atomic E-state index is 0.0998. The van der Waals surface area contributed by atoms with Crippen molar-refractivity contribution in [1.82, 2.24) is 4.90 Å². The molecule has 114 valence electrons. The summed E-state index contributed by atoms with van der Waals surface area (Å²) in [5, 5.41) is 0. The standard InChI is InChI=1S/C15H24F2N2O/c1-10(2)19(11(3)4)5-6-20-15-13(16)7-12(9-18)8-14(15)17/h7-8,10-11H,5-6,9,18H2,1-4H3. The molecule has 0 aromatic heterocycles. The van der Waals surface area contributed by atoms with E-state index in [1.165, 1.54) is 12.1 Å². The third kappa shape index (κ3) is 4.42. The van der Waals surface area contributed by atoms with Gasteiger partial charge in [-0.15, -0.1) is 0 Å². The first-order valence-electron chi connectivity index (χ1n) is 6.93. The maximum Gasteiger partial charge on any atom is 0.190 e. The first-order valence-corrected chi connectivity index (χ1v) is 6.93. The quantitative estimate of drug-likeness (QED) is 0.837. The molecule has 0 fully saturated rings. The molecule has 0 bridgehead atoms. The Kier molecular flexibility index (Phi) is 6.36. The Morgan fingerprint density at radius 2 is 1.60 bits per heavy atom. The predicted octanol–water partition coefficient (Wildman–Crippen LogP) is 2.92. The van der Waals surface area contributed by atoms with Crippen LogP contribution < -0.4 is 10.5 Å². The van der Waals surface area contributed by atoms with Gasteiger partial charge in [-0.3, -0.25) is 4.90 Å². The van der Waals surface area contributed by atoms with Gasteiger partial charge in [-0.1, -0.05) is 0 Å². The number of nitrogens with two attached hydrogens (primary N) is 1. The van der Waals surface area contributed by atoms with E-state index in [1.807, 2.05) is 0 Å². The maximum atomic E-state index is 13.7. The summed E-state index contributed by atoms with van der Waals surface area (Å²) in [6.07, 6.45) is 0. The molecule has 1 aromatic carbocycles. The minimum atomic E-state index is -0.703. The van der Waals surface area contributed by atoms with Gasteiger partial charge in [-0.2, -0.15) is 0 Å². The molecule has 1 rings (SSSR count). The lowest BCUT2D eigenvalue weighted by Gasteiger charge is -2.30. The Morgan fingerprint density at radius 3 is 2.00 bits per heavy atom. The molecule has 0 aliphatic rings. The van der Waals surface area contributed by atoms with Crippen LogP contribution in [0, 0.1) is 11.6 Å². The third-order valence-corrected chi connectivity index (χ3v) is 3.22. The molecule has 1 aromatic rings. The summed E-state index contributed by atoms with van der Waals surface area (Å²) >= 11 is 0. The molecule has 0 atom stereocenters. The van der Waals surface area contributed by atoms with E-state index in [1.54, 1.807) is 0 Å². The lowest BCUT2D eigenvalue weighted by molar-refractivity contribution is 0.138. The fourth-order valence-electron chi connectivity index (χ4n) is 2.23. The van der Waals surface area contributed by atoms with Crippen LogP contribution in [0.1, 0.15) is 33.3 Å². The van der Waals surface area contributed by atoms with Crippen LogP contribution in [0.2, 0.25) is 0 Å². The third-order valence-electron chi connectivity index (χ3n) is 3.22. The summed E-state index contributed by atoms with van der Waals surface area (Å²) < 4.78 is 32.7. The molecule has 0 amide bonds. The Labute approximate surface area is 119 Å². The van der Waals surface area contributed by atoms with E-state index < -0.39 is 11.6 Å². The maximum absolute atomic E-state index is 13.7. The summed E-state index contributed by atoms with van der Waals surface area (Å²) in [4.78, 5) is 2.20. The second-order valence-electron chi connectivity index (χ2n) is 5.37. The summed E-state index contributed by atoms with van der Waals surface area (Å²) in [6, 6.07) is 3.13. The SMILES string of the molecule is CC(C)N(CCOc1c(F)cc(CN)cc1F)C(C)C. The van der Waals surface area contributed by atoms with Crippen molar-refractivity contribution >= 4 is 0 Å².